The van der Waals surface area contributed by atoms with Crippen LogP contribution in [0.1, 0.15) is 5.56 Å². The molecule has 0 aliphatic rings. The number of fused-ring (bicyclic) bond motifs is 6. The van der Waals surface area contributed by atoms with Gasteiger partial charge in [-0.2, -0.15) is 5.26 Å². The fourth-order valence-corrected chi connectivity index (χ4v) is 8.76. The lowest BCUT2D eigenvalue weighted by atomic mass is 10.0. The average Bonchev–Trinajstić information content (AvgIpc) is 3.81. The van der Waals surface area contributed by atoms with Gasteiger partial charge in [-0.1, -0.05) is 146 Å². The maximum atomic E-state index is 10.6. The molecule has 9 aromatic carbocycles. The van der Waals surface area contributed by atoms with Crippen molar-refractivity contribution < 1.29 is 0 Å². The Morgan fingerprint density at radius 1 is 0.276 bits per heavy atom. The van der Waals surface area contributed by atoms with Crippen LogP contribution >= 0.6 is 0 Å². The van der Waals surface area contributed by atoms with Crippen LogP contribution in [0.3, 0.4) is 0 Å². The van der Waals surface area contributed by atoms with Crippen molar-refractivity contribution in [1.82, 2.24) is 9.13 Å². The SMILES string of the molecule is N#Cc1cc(-n2c3ccc(-c4ccccc4)cc3c3cc(-c4ccccc4)ccc32)cc(-n2c3ccc(-c4ccccc4)cc3c3cc(-c4ccccc4)ccc32)c1. The summed E-state index contributed by atoms with van der Waals surface area (Å²) in [5, 5.41) is 15.3. The fraction of sp³-hybridized carbons (Fsp3) is 0. The van der Waals surface area contributed by atoms with E-state index >= 15 is 0 Å². The molecular weight excluding hydrogens is 703 g/mol. The van der Waals surface area contributed by atoms with E-state index in [1.165, 1.54) is 44.5 Å². The van der Waals surface area contributed by atoms with Gasteiger partial charge in [0.1, 0.15) is 0 Å². The van der Waals surface area contributed by atoms with Crippen molar-refractivity contribution in [3.63, 3.8) is 0 Å². The Bertz CT molecular complexity index is 2960. The van der Waals surface area contributed by atoms with Crippen molar-refractivity contribution in [2.24, 2.45) is 0 Å². The largest absolute Gasteiger partial charge is 0.309 e. The number of rotatable bonds is 6. The monoisotopic (exact) mass is 737 g/mol. The van der Waals surface area contributed by atoms with E-state index in [0.29, 0.717) is 5.56 Å². The van der Waals surface area contributed by atoms with Crippen LogP contribution in [0, 0.1) is 11.3 Å². The molecule has 2 heterocycles. The first-order chi connectivity index (χ1) is 28.7. The van der Waals surface area contributed by atoms with Gasteiger partial charge in [-0.3, -0.25) is 0 Å². The average molecular weight is 738 g/mol. The van der Waals surface area contributed by atoms with Crippen molar-refractivity contribution in [3.05, 3.63) is 218 Å². The van der Waals surface area contributed by atoms with Gasteiger partial charge in [0.05, 0.1) is 33.7 Å². The lowest BCUT2D eigenvalue weighted by Gasteiger charge is -2.14. The Balaban J connectivity index is 1.16. The van der Waals surface area contributed by atoms with Gasteiger partial charge >= 0.3 is 0 Å². The van der Waals surface area contributed by atoms with Crippen molar-refractivity contribution in [1.29, 1.82) is 5.26 Å². The van der Waals surface area contributed by atoms with E-state index in [4.69, 9.17) is 0 Å². The lowest BCUT2D eigenvalue weighted by molar-refractivity contribution is 1.13. The van der Waals surface area contributed by atoms with Gasteiger partial charge < -0.3 is 9.13 Å². The molecule has 270 valence electrons. The Labute approximate surface area is 336 Å². The second kappa shape index (κ2) is 13.7. The first kappa shape index (κ1) is 33.4. The standard InChI is InChI=1S/C55H35N3/c56-36-37-29-46(57-52-25-21-42(38-13-5-1-6-14-38)31-48(52)49-32-43(22-26-53(49)57)39-15-7-2-8-16-39)35-47(30-37)58-54-27-23-44(40-17-9-3-10-18-40)33-50(54)51-34-45(24-28-55(51)58)41-19-11-4-12-20-41/h1-35H. The third-order valence-electron chi connectivity index (χ3n) is 11.5. The topological polar surface area (TPSA) is 33.6 Å². The normalized spacial score (nSPS) is 11.4. The second-order valence-electron chi connectivity index (χ2n) is 14.9. The molecule has 3 nitrogen and oxygen atoms in total. The molecule has 0 saturated carbocycles. The third-order valence-corrected chi connectivity index (χ3v) is 11.5. The summed E-state index contributed by atoms with van der Waals surface area (Å²) < 4.78 is 4.65. The molecule has 0 saturated heterocycles. The summed E-state index contributed by atoms with van der Waals surface area (Å²) in [7, 11) is 0. The van der Waals surface area contributed by atoms with Crippen LogP contribution in [0.2, 0.25) is 0 Å². The zero-order chi connectivity index (χ0) is 38.6. The number of nitriles is 1. The van der Waals surface area contributed by atoms with Crippen molar-refractivity contribution in [2.45, 2.75) is 0 Å². The summed E-state index contributed by atoms with van der Waals surface area (Å²) >= 11 is 0. The molecule has 0 radical (unpaired) electrons. The van der Waals surface area contributed by atoms with Gasteiger partial charge in [0.15, 0.2) is 0 Å². The summed E-state index contributed by atoms with van der Waals surface area (Å²) in [6, 6.07) is 78.1. The summed E-state index contributed by atoms with van der Waals surface area (Å²) in [6.45, 7) is 0. The maximum absolute atomic E-state index is 10.6. The smallest absolute Gasteiger partial charge is 0.0993 e. The summed E-state index contributed by atoms with van der Waals surface area (Å²) in [5.74, 6) is 0. The molecular formula is C55H35N3. The Morgan fingerprint density at radius 3 is 0.810 bits per heavy atom. The fourth-order valence-electron chi connectivity index (χ4n) is 8.76. The van der Waals surface area contributed by atoms with Gasteiger partial charge in [0.2, 0.25) is 0 Å². The molecule has 0 spiro atoms. The van der Waals surface area contributed by atoms with Crippen molar-refractivity contribution >= 4 is 43.6 Å². The predicted octanol–water partition coefficient (Wildman–Crippen LogP) is 14.4. The molecule has 11 rings (SSSR count). The van der Waals surface area contributed by atoms with Crippen LogP contribution in [0.15, 0.2) is 212 Å². The Morgan fingerprint density at radius 2 is 0.552 bits per heavy atom. The van der Waals surface area contributed by atoms with Gasteiger partial charge in [0.25, 0.3) is 0 Å². The van der Waals surface area contributed by atoms with E-state index < -0.39 is 0 Å². The van der Waals surface area contributed by atoms with E-state index in [9.17, 15) is 5.26 Å². The van der Waals surface area contributed by atoms with Crippen LogP contribution in [-0.4, -0.2) is 9.13 Å². The van der Waals surface area contributed by atoms with Crippen LogP contribution in [0.5, 0.6) is 0 Å². The van der Waals surface area contributed by atoms with Crippen LogP contribution in [-0.2, 0) is 0 Å². The zero-order valence-electron chi connectivity index (χ0n) is 31.5. The highest BCUT2D eigenvalue weighted by Crippen LogP contribution is 2.40. The Hall–Kier alpha value is -7.93. The molecule has 0 aliphatic carbocycles. The van der Waals surface area contributed by atoms with Crippen LogP contribution in [0.25, 0.3) is 99.5 Å². The quantitative estimate of drug-likeness (QED) is 0.167. The Kier molecular flexibility index (Phi) is 7.88. The molecule has 0 N–H and O–H groups in total. The van der Waals surface area contributed by atoms with E-state index in [1.807, 2.05) is 12.1 Å². The summed E-state index contributed by atoms with van der Waals surface area (Å²) in [4.78, 5) is 0. The van der Waals surface area contributed by atoms with E-state index in [2.05, 4.69) is 215 Å². The van der Waals surface area contributed by atoms with Gasteiger partial charge in [-0.15, -0.1) is 0 Å². The number of benzene rings is 9. The third kappa shape index (κ3) is 5.59. The van der Waals surface area contributed by atoms with Crippen molar-refractivity contribution in [2.75, 3.05) is 0 Å². The molecule has 0 unspecified atom stereocenters. The van der Waals surface area contributed by atoms with Crippen LogP contribution < -0.4 is 0 Å². The highest BCUT2D eigenvalue weighted by molar-refractivity contribution is 6.13. The second-order valence-corrected chi connectivity index (χ2v) is 14.9. The predicted molar refractivity (Wildman–Crippen MR) is 242 cm³/mol. The number of nitrogens with zero attached hydrogens (tertiary/aromatic N) is 3. The van der Waals surface area contributed by atoms with Crippen LogP contribution in [0.4, 0.5) is 0 Å². The van der Waals surface area contributed by atoms with Gasteiger partial charge in [-0.25, -0.2) is 0 Å². The first-order valence-corrected chi connectivity index (χ1v) is 19.6. The minimum absolute atomic E-state index is 0.598. The summed E-state index contributed by atoms with van der Waals surface area (Å²) in [6.07, 6.45) is 0. The molecule has 3 heteroatoms. The number of hydrogen-bond acceptors (Lipinski definition) is 1. The van der Waals surface area contributed by atoms with E-state index in [0.717, 1.165) is 55.0 Å². The molecule has 0 amide bonds. The minimum Gasteiger partial charge on any atom is -0.309 e. The number of hydrogen-bond donors (Lipinski definition) is 0. The summed E-state index contributed by atoms with van der Waals surface area (Å²) in [5.41, 5.74) is 16.2. The molecule has 0 atom stereocenters. The van der Waals surface area contributed by atoms with Gasteiger partial charge in [0, 0.05) is 32.9 Å². The molecule has 58 heavy (non-hydrogen) atoms. The minimum atomic E-state index is 0.598. The molecule has 2 aromatic heterocycles. The molecule has 0 bridgehead atoms. The van der Waals surface area contributed by atoms with E-state index in [1.54, 1.807) is 0 Å². The highest BCUT2D eigenvalue weighted by atomic mass is 15.0. The molecule has 0 fully saturated rings. The lowest BCUT2D eigenvalue weighted by Crippen LogP contribution is -2.00. The first-order valence-electron chi connectivity index (χ1n) is 19.6. The van der Waals surface area contributed by atoms with E-state index in [-0.39, 0.29) is 0 Å². The van der Waals surface area contributed by atoms with Crippen molar-refractivity contribution in [3.8, 4) is 62.0 Å². The number of aromatic nitrogens is 2. The molecule has 0 aliphatic heterocycles. The van der Waals surface area contributed by atoms with Gasteiger partial charge in [-0.05, 0) is 111 Å². The highest BCUT2D eigenvalue weighted by Gasteiger charge is 2.19. The zero-order valence-corrected chi connectivity index (χ0v) is 31.5. The molecule has 11 aromatic rings. The maximum Gasteiger partial charge on any atom is 0.0993 e.